The minimum absolute atomic E-state index is 0.215. The van der Waals surface area contributed by atoms with Crippen molar-refractivity contribution in [3.63, 3.8) is 0 Å². The molecule has 0 aliphatic carbocycles. The Bertz CT molecular complexity index is 113. The molecule has 0 aromatic carbocycles. The lowest BCUT2D eigenvalue weighted by atomic mass is 10.1. The van der Waals surface area contributed by atoms with E-state index in [4.69, 9.17) is 10.2 Å². The maximum atomic E-state index is 11.6. The van der Waals surface area contributed by atoms with E-state index >= 15 is 0 Å². The number of hydrogen-bond donors (Lipinski definition) is 2. The van der Waals surface area contributed by atoms with Crippen molar-refractivity contribution < 1.29 is 23.4 Å². The summed E-state index contributed by atoms with van der Waals surface area (Å²) < 4.78 is 34.8. The van der Waals surface area contributed by atoms with Crippen LogP contribution in [0.15, 0.2) is 0 Å². The summed E-state index contributed by atoms with van der Waals surface area (Å²) in [6.07, 6.45) is -8.52. The molecule has 5 heteroatoms. The fraction of sp³-hybridized carbons (Fsp3) is 1.00. The van der Waals surface area contributed by atoms with E-state index in [9.17, 15) is 13.2 Å². The molecule has 2 nitrogen and oxygen atoms in total. The highest BCUT2D eigenvalue weighted by atomic mass is 19.4. The van der Waals surface area contributed by atoms with Crippen LogP contribution in [0.1, 0.15) is 19.8 Å². The summed E-state index contributed by atoms with van der Waals surface area (Å²) in [7, 11) is 0. The fourth-order valence-corrected chi connectivity index (χ4v) is 0.558. The van der Waals surface area contributed by atoms with Crippen LogP contribution in [0.4, 0.5) is 13.2 Å². The van der Waals surface area contributed by atoms with Crippen LogP contribution in [0.2, 0.25) is 0 Å². The Morgan fingerprint density at radius 1 is 1.27 bits per heavy atom. The first kappa shape index (κ1) is 10.7. The third kappa shape index (κ3) is 4.21. The van der Waals surface area contributed by atoms with E-state index in [2.05, 4.69) is 0 Å². The third-order valence-electron chi connectivity index (χ3n) is 1.34. The quantitative estimate of drug-likeness (QED) is 0.668. The Kier molecular flexibility index (Phi) is 3.82. The summed E-state index contributed by atoms with van der Waals surface area (Å²) in [5.41, 5.74) is 0. The lowest BCUT2D eigenvalue weighted by molar-refractivity contribution is -0.210. The van der Waals surface area contributed by atoms with Gasteiger partial charge < -0.3 is 10.2 Å². The number of alkyl halides is 3. The lowest BCUT2D eigenvalue weighted by Crippen LogP contribution is -2.32. The van der Waals surface area contributed by atoms with Gasteiger partial charge in [0.15, 0.2) is 6.10 Å². The van der Waals surface area contributed by atoms with Gasteiger partial charge in [0.25, 0.3) is 0 Å². The summed E-state index contributed by atoms with van der Waals surface area (Å²) in [5.74, 6) is 0. The van der Waals surface area contributed by atoms with Crippen molar-refractivity contribution in [2.75, 3.05) is 0 Å². The standard InChI is InChI=1S/C6H11F3O2/c1-2-4(10)3-5(11)6(7,8)9/h4-5,10-11H,2-3H2,1H3. The van der Waals surface area contributed by atoms with Crippen molar-refractivity contribution in [3.8, 4) is 0 Å². The number of aliphatic hydroxyl groups excluding tert-OH is 2. The number of aliphatic hydroxyl groups is 2. The van der Waals surface area contributed by atoms with Gasteiger partial charge in [-0.25, -0.2) is 0 Å². The normalized spacial score (nSPS) is 18.0. The summed E-state index contributed by atoms with van der Waals surface area (Å²) in [5, 5.41) is 17.1. The molecule has 0 saturated carbocycles. The van der Waals surface area contributed by atoms with E-state index in [1.165, 1.54) is 0 Å². The van der Waals surface area contributed by atoms with Gasteiger partial charge >= 0.3 is 6.18 Å². The summed E-state index contributed by atoms with van der Waals surface area (Å²) >= 11 is 0. The Morgan fingerprint density at radius 2 is 1.73 bits per heavy atom. The highest BCUT2D eigenvalue weighted by molar-refractivity contribution is 4.68. The zero-order valence-corrected chi connectivity index (χ0v) is 6.10. The van der Waals surface area contributed by atoms with Crippen LogP contribution in [0, 0.1) is 0 Å². The highest BCUT2D eigenvalue weighted by Crippen LogP contribution is 2.23. The van der Waals surface area contributed by atoms with Crippen LogP contribution < -0.4 is 0 Å². The largest absolute Gasteiger partial charge is 0.414 e. The molecule has 68 valence electrons. The predicted octanol–water partition coefficient (Wildman–Crippen LogP) is 1.07. The molecule has 0 aromatic rings. The van der Waals surface area contributed by atoms with Gasteiger partial charge in [-0.2, -0.15) is 13.2 Å². The number of hydrogen-bond acceptors (Lipinski definition) is 2. The average molecular weight is 172 g/mol. The molecule has 0 radical (unpaired) electrons. The molecule has 0 aliphatic rings. The first-order valence-electron chi connectivity index (χ1n) is 3.30. The van der Waals surface area contributed by atoms with Crippen molar-refractivity contribution in [1.29, 1.82) is 0 Å². The van der Waals surface area contributed by atoms with Gasteiger partial charge in [-0.05, 0) is 6.42 Å². The molecule has 0 aromatic heterocycles. The average Bonchev–Trinajstić information content (AvgIpc) is 1.85. The topological polar surface area (TPSA) is 40.5 Å². The molecule has 11 heavy (non-hydrogen) atoms. The van der Waals surface area contributed by atoms with Crippen LogP contribution in [0.25, 0.3) is 0 Å². The fourth-order valence-electron chi connectivity index (χ4n) is 0.558. The molecule has 0 spiro atoms. The molecule has 2 atom stereocenters. The Balaban J connectivity index is 3.77. The van der Waals surface area contributed by atoms with E-state index in [1.807, 2.05) is 0 Å². The predicted molar refractivity (Wildman–Crippen MR) is 33.0 cm³/mol. The molecule has 0 rings (SSSR count). The molecule has 0 bridgehead atoms. The molecule has 2 unspecified atom stereocenters. The zero-order chi connectivity index (χ0) is 9.07. The van der Waals surface area contributed by atoms with Gasteiger partial charge in [0.1, 0.15) is 0 Å². The summed E-state index contributed by atoms with van der Waals surface area (Å²) in [6.45, 7) is 1.55. The van der Waals surface area contributed by atoms with Gasteiger partial charge in [0.05, 0.1) is 6.10 Å². The van der Waals surface area contributed by atoms with Crippen molar-refractivity contribution >= 4 is 0 Å². The molecular weight excluding hydrogens is 161 g/mol. The van der Waals surface area contributed by atoms with Crippen LogP contribution in [0.3, 0.4) is 0 Å². The summed E-state index contributed by atoms with van der Waals surface area (Å²) in [4.78, 5) is 0. The van der Waals surface area contributed by atoms with Gasteiger partial charge in [-0.15, -0.1) is 0 Å². The van der Waals surface area contributed by atoms with E-state index in [1.54, 1.807) is 6.92 Å². The second-order valence-corrected chi connectivity index (χ2v) is 2.36. The third-order valence-corrected chi connectivity index (χ3v) is 1.34. The monoisotopic (exact) mass is 172 g/mol. The molecule has 0 heterocycles. The van der Waals surface area contributed by atoms with Crippen LogP contribution in [-0.2, 0) is 0 Å². The first-order chi connectivity index (χ1) is 4.88. The van der Waals surface area contributed by atoms with Gasteiger partial charge in [0.2, 0.25) is 0 Å². The molecule has 0 saturated heterocycles. The van der Waals surface area contributed by atoms with E-state index in [0.717, 1.165) is 0 Å². The van der Waals surface area contributed by atoms with Crippen molar-refractivity contribution in [2.45, 2.75) is 38.1 Å². The van der Waals surface area contributed by atoms with Crippen molar-refractivity contribution in [1.82, 2.24) is 0 Å². The second-order valence-electron chi connectivity index (χ2n) is 2.36. The van der Waals surface area contributed by atoms with Crippen molar-refractivity contribution in [2.24, 2.45) is 0 Å². The second kappa shape index (κ2) is 3.92. The van der Waals surface area contributed by atoms with Crippen molar-refractivity contribution in [3.05, 3.63) is 0 Å². The summed E-state index contributed by atoms with van der Waals surface area (Å²) in [6, 6.07) is 0. The van der Waals surface area contributed by atoms with Gasteiger partial charge in [0, 0.05) is 6.42 Å². The Morgan fingerprint density at radius 3 is 2.00 bits per heavy atom. The van der Waals surface area contributed by atoms with Crippen LogP contribution in [-0.4, -0.2) is 28.6 Å². The van der Waals surface area contributed by atoms with Crippen LogP contribution >= 0.6 is 0 Å². The minimum atomic E-state index is -4.61. The molecule has 0 fully saturated rings. The molecule has 0 aliphatic heterocycles. The molecule has 0 amide bonds. The molecule has 2 N–H and O–H groups in total. The zero-order valence-electron chi connectivity index (χ0n) is 6.10. The van der Waals surface area contributed by atoms with Crippen LogP contribution in [0.5, 0.6) is 0 Å². The highest BCUT2D eigenvalue weighted by Gasteiger charge is 2.38. The lowest BCUT2D eigenvalue weighted by Gasteiger charge is -2.16. The van der Waals surface area contributed by atoms with E-state index < -0.39 is 24.8 Å². The number of rotatable bonds is 3. The molecular formula is C6H11F3O2. The maximum Gasteiger partial charge on any atom is 0.414 e. The SMILES string of the molecule is CCC(O)CC(O)C(F)(F)F. The van der Waals surface area contributed by atoms with Gasteiger partial charge in [-0.1, -0.05) is 6.92 Å². The smallest absolute Gasteiger partial charge is 0.393 e. The first-order valence-corrected chi connectivity index (χ1v) is 3.30. The van der Waals surface area contributed by atoms with Gasteiger partial charge in [-0.3, -0.25) is 0 Å². The Labute approximate surface area is 62.6 Å². The van der Waals surface area contributed by atoms with E-state index in [0.29, 0.717) is 0 Å². The number of halogens is 3. The minimum Gasteiger partial charge on any atom is -0.393 e. The maximum absolute atomic E-state index is 11.6. The Hall–Kier alpha value is -0.290. The van der Waals surface area contributed by atoms with E-state index in [-0.39, 0.29) is 6.42 Å².